The average Bonchev–Trinajstić information content (AvgIpc) is 2.45. The fourth-order valence-electron chi connectivity index (χ4n) is 1.97. The van der Waals surface area contributed by atoms with E-state index in [2.05, 4.69) is 51.3 Å². The molecule has 0 unspecified atom stereocenters. The van der Waals surface area contributed by atoms with Gasteiger partial charge in [0, 0.05) is 9.86 Å². The Balaban J connectivity index is 0.00000147. The molecule has 0 atom stereocenters. The lowest BCUT2D eigenvalue weighted by atomic mass is 10.1. The third-order valence-corrected chi connectivity index (χ3v) is 3.41. The van der Waals surface area contributed by atoms with Crippen molar-refractivity contribution in [2.75, 3.05) is 0 Å². The zero-order valence-corrected chi connectivity index (χ0v) is 13.1. The fraction of sp³-hybridized carbons (Fsp3) is 0. The number of hydrogen-bond donors (Lipinski definition) is 0. The number of benzene rings is 2. The van der Waals surface area contributed by atoms with Crippen LogP contribution in [0.3, 0.4) is 0 Å². The zero-order valence-electron chi connectivity index (χ0n) is 10.7. The summed E-state index contributed by atoms with van der Waals surface area (Å²) in [5.74, 6) is 0. The predicted molar refractivity (Wildman–Crippen MR) is 92.1 cm³/mol. The molecule has 0 aliphatic heterocycles. The molecule has 1 heterocycles. The van der Waals surface area contributed by atoms with Crippen LogP contribution < -0.4 is 0 Å². The van der Waals surface area contributed by atoms with Crippen LogP contribution in [0.5, 0.6) is 0 Å². The van der Waals surface area contributed by atoms with E-state index in [1.165, 1.54) is 5.39 Å². The minimum absolute atomic E-state index is 0. The van der Waals surface area contributed by atoms with Crippen molar-refractivity contribution in [1.29, 1.82) is 0 Å². The number of hydrogen-bond acceptors (Lipinski definition) is 1. The Bertz CT molecular complexity index is 753. The first kappa shape index (κ1) is 14.8. The van der Waals surface area contributed by atoms with E-state index in [0.717, 1.165) is 21.2 Å². The molecule has 0 aliphatic rings. The highest BCUT2D eigenvalue weighted by molar-refractivity contribution is 9.10. The van der Waals surface area contributed by atoms with Gasteiger partial charge in [-0.1, -0.05) is 58.4 Å². The molecule has 20 heavy (non-hydrogen) atoms. The normalized spacial score (nSPS) is 10.7. The molecule has 3 rings (SSSR count). The zero-order chi connectivity index (χ0) is 13.1. The van der Waals surface area contributed by atoms with Gasteiger partial charge in [-0.3, -0.25) is 0 Å². The van der Waals surface area contributed by atoms with Gasteiger partial charge in [0.1, 0.15) is 0 Å². The summed E-state index contributed by atoms with van der Waals surface area (Å²) in [5, 5.41) is 1.17. The Morgan fingerprint density at radius 3 is 2.55 bits per heavy atom. The van der Waals surface area contributed by atoms with Crippen molar-refractivity contribution < 1.29 is 0 Å². The minimum Gasteiger partial charge on any atom is -0.248 e. The Labute approximate surface area is 132 Å². The predicted octanol–water partition coefficient (Wildman–Crippen LogP) is 5.59. The molecule has 0 bridgehead atoms. The molecule has 100 valence electrons. The molecule has 3 heteroatoms. The molecule has 0 spiro atoms. The summed E-state index contributed by atoms with van der Waals surface area (Å²) in [4.78, 5) is 4.61. The van der Waals surface area contributed by atoms with Crippen LogP contribution >= 0.6 is 28.3 Å². The summed E-state index contributed by atoms with van der Waals surface area (Å²) in [6, 6.07) is 20.5. The molecule has 0 fully saturated rings. The Kier molecular flexibility index (Phi) is 4.94. The largest absolute Gasteiger partial charge is 0.248 e. The Hall–Kier alpha value is -1.64. The summed E-state index contributed by atoms with van der Waals surface area (Å²) in [5.41, 5.74) is 3.15. The van der Waals surface area contributed by atoms with Gasteiger partial charge in [-0.05, 0) is 35.9 Å². The van der Waals surface area contributed by atoms with Gasteiger partial charge in [-0.25, -0.2) is 4.98 Å². The molecule has 3 aromatic rings. The maximum absolute atomic E-state index is 4.61. The van der Waals surface area contributed by atoms with Crippen LogP contribution in [0.2, 0.25) is 0 Å². The van der Waals surface area contributed by atoms with Crippen molar-refractivity contribution in [3.8, 4) is 0 Å². The van der Waals surface area contributed by atoms with Crippen LogP contribution in [0.25, 0.3) is 23.1 Å². The molecule has 1 nitrogen and oxygen atoms in total. The lowest BCUT2D eigenvalue weighted by Gasteiger charge is -1.99. The number of nitrogens with zero attached hydrogens (tertiary/aromatic N) is 1. The summed E-state index contributed by atoms with van der Waals surface area (Å²) in [7, 11) is 0. The third kappa shape index (κ3) is 3.47. The summed E-state index contributed by atoms with van der Waals surface area (Å²) in [6.07, 6.45) is 4.11. The lowest BCUT2D eigenvalue weighted by molar-refractivity contribution is 1.37. The van der Waals surface area contributed by atoms with E-state index >= 15 is 0 Å². The Morgan fingerprint density at radius 2 is 1.70 bits per heavy atom. The van der Waals surface area contributed by atoms with Crippen molar-refractivity contribution in [1.82, 2.24) is 4.98 Å². The van der Waals surface area contributed by atoms with Gasteiger partial charge in [0.2, 0.25) is 0 Å². The monoisotopic (exact) mass is 345 g/mol. The van der Waals surface area contributed by atoms with Crippen molar-refractivity contribution in [2.24, 2.45) is 0 Å². The quantitative estimate of drug-likeness (QED) is 0.589. The van der Waals surface area contributed by atoms with E-state index in [1.807, 2.05) is 42.5 Å². The molecule has 0 N–H and O–H groups in total. The van der Waals surface area contributed by atoms with Crippen molar-refractivity contribution >= 4 is 51.4 Å². The summed E-state index contributed by atoms with van der Waals surface area (Å²) < 4.78 is 1.08. The minimum atomic E-state index is 0. The maximum atomic E-state index is 4.61. The molecule has 1 aromatic heterocycles. The molecule has 0 saturated carbocycles. The second-order valence-corrected chi connectivity index (χ2v) is 5.23. The number of pyridine rings is 1. The first-order valence-electron chi connectivity index (χ1n) is 6.11. The van der Waals surface area contributed by atoms with E-state index in [4.69, 9.17) is 0 Å². The van der Waals surface area contributed by atoms with E-state index in [0.29, 0.717) is 0 Å². The highest BCUT2D eigenvalue weighted by Crippen LogP contribution is 2.16. The highest BCUT2D eigenvalue weighted by atomic mass is 79.9. The van der Waals surface area contributed by atoms with Gasteiger partial charge in [0.25, 0.3) is 0 Å². The molecule has 0 aliphatic carbocycles. The SMILES string of the molecule is Brc1cccc(C=Cc2ccc3ccccc3n2)c1.Cl. The molecule has 0 amide bonds. The molecular weight excluding hydrogens is 334 g/mol. The molecule has 2 aromatic carbocycles. The van der Waals surface area contributed by atoms with Gasteiger partial charge in [-0.2, -0.15) is 0 Å². The lowest BCUT2D eigenvalue weighted by Crippen LogP contribution is -1.82. The van der Waals surface area contributed by atoms with Crippen molar-refractivity contribution in [3.05, 3.63) is 76.4 Å². The van der Waals surface area contributed by atoms with Crippen LogP contribution in [-0.4, -0.2) is 4.98 Å². The molecule has 0 saturated heterocycles. The first-order chi connectivity index (χ1) is 9.31. The standard InChI is InChI=1S/C17H12BrN.ClH/c18-15-6-3-4-13(12-15)8-10-16-11-9-14-5-1-2-7-17(14)19-16;/h1-12H;1H. The molecular formula is C17H13BrClN. The number of rotatable bonds is 2. The summed E-state index contributed by atoms with van der Waals surface area (Å²) in [6.45, 7) is 0. The van der Waals surface area contributed by atoms with E-state index < -0.39 is 0 Å². The highest BCUT2D eigenvalue weighted by Gasteiger charge is 1.95. The van der Waals surface area contributed by atoms with E-state index in [-0.39, 0.29) is 12.4 Å². The number of para-hydroxylation sites is 1. The Morgan fingerprint density at radius 1 is 0.850 bits per heavy atom. The maximum Gasteiger partial charge on any atom is 0.0709 e. The topological polar surface area (TPSA) is 12.9 Å². The summed E-state index contributed by atoms with van der Waals surface area (Å²) >= 11 is 3.47. The number of fused-ring (bicyclic) bond motifs is 1. The van der Waals surface area contributed by atoms with Crippen LogP contribution in [0.1, 0.15) is 11.3 Å². The van der Waals surface area contributed by atoms with Gasteiger partial charge in [0.05, 0.1) is 11.2 Å². The van der Waals surface area contributed by atoms with Crippen LogP contribution in [-0.2, 0) is 0 Å². The van der Waals surface area contributed by atoms with E-state index in [1.54, 1.807) is 0 Å². The van der Waals surface area contributed by atoms with E-state index in [9.17, 15) is 0 Å². The van der Waals surface area contributed by atoms with Gasteiger partial charge in [0.15, 0.2) is 0 Å². The van der Waals surface area contributed by atoms with Crippen LogP contribution in [0.15, 0.2) is 65.1 Å². The van der Waals surface area contributed by atoms with Crippen LogP contribution in [0, 0.1) is 0 Å². The molecule has 0 radical (unpaired) electrons. The van der Waals surface area contributed by atoms with Crippen LogP contribution in [0.4, 0.5) is 0 Å². The van der Waals surface area contributed by atoms with Crippen molar-refractivity contribution in [2.45, 2.75) is 0 Å². The third-order valence-electron chi connectivity index (χ3n) is 2.92. The van der Waals surface area contributed by atoms with Gasteiger partial charge < -0.3 is 0 Å². The second kappa shape index (κ2) is 6.69. The number of aromatic nitrogens is 1. The number of halogens is 2. The van der Waals surface area contributed by atoms with Gasteiger partial charge in [-0.15, -0.1) is 12.4 Å². The second-order valence-electron chi connectivity index (χ2n) is 4.32. The van der Waals surface area contributed by atoms with Gasteiger partial charge >= 0.3 is 0 Å². The first-order valence-corrected chi connectivity index (χ1v) is 6.90. The van der Waals surface area contributed by atoms with Crippen molar-refractivity contribution in [3.63, 3.8) is 0 Å². The average molecular weight is 347 g/mol. The fourth-order valence-corrected chi connectivity index (χ4v) is 2.38. The smallest absolute Gasteiger partial charge is 0.0709 e.